The Bertz CT molecular complexity index is 511. The number of methoxy groups -OCH3 is 3. The number of hydrogen-bond donors (Lipinski definition) is 0. The van der Waals surface area contributed by atoms with Crippen molar-refractivity contribution in [3.63, 3.8) is 0 Å². The highest BCUT2D eigenvalue weighted by Crippen LogP contribution is 2.35. The number of hydrogen-bond acceptors (Lipinski definition) is 4. The molecule has 0 amide bonds. The number of pyridine rings is 1. The zero-order valence-electron chi connectivity index (χ0n) is 9.48. The van der Waals surface area contributed by atoms with Crippen LogP contribution in [-0.2, 0) is 0 Å². The Morgan fingerprint density at radius 3 is 2.06 bits per heavy atom. The minimum absolute atomic E-state index is 0.680. The van der Waals surface area contributed by atoms with Gasteiger partial charge in [-0.15, -0.1) is 0 Å². The Morgan fingerprint density at radius 1 is 0.812 bits per heavy atom. The summed E-state index contributed by atoms with van der Waals surface area (Å²) in [7, 11) is 4.84. The van der Waals surface area contributed by atoms with Gasteiger partial charge in [-0.1, -0.05) is 0 Å². The predicted octanol–water partition coefficient (Wildman–Crippen LogP) is 2.26. The van der Waals surface area contributed by atoms with Crippen molar-refractivity contribution in [2.24, 2.45) is 0 Å². The molecule has 1 heterocycles. The molecule has 1 aromatic carbocycles. The molecule has 2 aromatic rings. The summed E-state index contributed by atoms with van der Waals surface area (Å²) in [5.74, 6) is 2.09. The van der Waals surface area contributed by atoms with E-state index in [0.29, 0.717) is 11.5 Å². The monoisotopic (exact) mass is 219 g/mol. The maximum atomic E-state index is 5.24. The molecule has 0 spiro atoms. The second-order valence-electron chi connectivity index (χ2n) is 3.27. The van der Waals surface area contributed by atoms with Gasteiger partial charge in [0.05, 0.1) is 27.5 Å². The second-order valence-corrected chi connectivity index (χ2v) is 3.27. The van der Waals surface area contributed by atoms with Crippen molar-refractivity contribution < 1.29 is 14.2 Å². The van der Waals surface area contributed by atoms with Crippen molar-refractivity contribution >= 4 is 10.8 Å². The third kappa shape index (κ3) is 1.62. The van der Waals surface area contributed by atoms with E-state index >= 15 is 0 Å². The summed E-state index contributed by atoms with van der Waals surface area (Å²) >= 11 is 0. The zero-order valence-corrected chi connectivity index (χ0v) is 9.48. The fraction of sp³-hybridized carbons (Fsp3) is 0.250. The van der Waals surface area contributed by atoms with Crippen molar-refractivity contribution in [2.75, 3.05) is 21.3 Å². The molecule has 0 saturated heterocycles. The number of rotatable bonds is 3. The van der Waals surface area contributed by atoms with E-state index < -0.39 is 0 Å². The Morgan fingerprint density at radius 2 is 1.44 bits per heavy atom. The van der Waals surface area contributed by atoms with Crippen LogP contribution in [0.5, 0.6) is 17.2 Å². The summed E-state index contributed by atoms with van der Waals surface area (Å²) in [6, 6.07) is 3.76. The van der Waals surface area contributed by atoms with E-state index in [1.165, 1.54) is 0 Å². The normalized spacial score (nSPS) is 10.2. The third-order valence-corrected chi connectivity index (χ3v) is 2.45. The largest absolute Gasteiger partial charge is 0.494 e. The van der Waals surface area contributed by atoms with Gasteiger partial charge in [-0.25, -0.2) is 0 Å². The number of fused-ring (bicyclic) bond motifs is 1. The lowest BCUT2D eigenvalue weighted by Crippen LogP contribution is -1.92. The first-order chi connectivity index (χ1) is 7.80. The van der Waals surface area contributed by atoms with Gasteiger partial charge in [-0.3, -0.25) is 4.98 Å². The maximum absolute atomic E-state index is 5.24. The molecule has 1 aromatic heterocycles. The average molecular weight is 219 g/mol. The molecule has 4 nitrogen and oxygen atoms in total. The predicted molar refractivity (Wildman–Crippen MR) is 61.4 cm³/mol. The molecule has 0 aliphatic rings. The van der Waals surface area contributed by atoms with Crippen LogP contribution in [0.3, 0.4) is 0 Å². The summed E-state index contributed by atoms with van der Waals surface area (Å²) in [6.07, 6.45) is 3.44. The van der Waals surface area contributed by atoms with Gasteiger partial charge >= 0.3 is 0 Å². The molecule has 0 radical (unpaired) electrons. The molecule has 0 N–H and O–H groups in total. The van der Waals surface area contributed by atoms with Crippen LogP contribution in [0.25, 0.3) is 10.8 Å². The van der Waals surface area contributed by atoms with Gasteiger partial charge < -0.3 is 14.2 Å². The molecule has 0 fully saturated rings. The molecule has 0 unspecified atom stereocenters. The molecule has 0 aliphatic heterocycles. The van der Waals surface area contributed by atoms with Crippen molar-refractivity contribution in [1.29, 1.82) is 0 Å². The van der Waals surface area contributed by atoms with E-state index in [1.54, 1.807) is 33.7 Å². The van der Waals surface area contributed by atoms with E-state index in [1.807, 2.05) is 12.1 Å². The second kappa shape index (κ2) is 4.26. The van der Waals surface area contributed by atoms with Crippen molar-refractivity contribution in [3.8, 4) is 17.2 Å². The van der Waals surface area contributed by atoms with Gasteiger partial charge in [0.2, 0.25) is 0 Å². The van der Waals surface area contributed by atoms with Crippen LogP contribution in [-0.4, -0.2) is 26.3 Å². The van der Waals surface area contributed by atoms with Crippen LogP contribution < -0.4 is 14.2 Å². The first kappa shape index (κ1) is 10.5. The molecule has 0 atom stereocenters. The van der Waals surface area contributed by atoms with Gasteiger partial charge in [-0.05, 0) is 12.1 Å². The van der Waals surface area contributed by atoms with Gasteiger partial charge in [0.25, 0.3) is 0 Å². The third-order valence-electron chi connectivity index (χ3n) is 2.45. The molecule has 0 bridgehead atoms. The Hall–Kier alpha value is -1.97. The smallest absolute Gasteiger partial charge is 0.161 e. The average Bonchev–Trinajstić information content (AvgIpc) is 2.36. The Balaban J connectivity index is 2.72. The highest BCUT2D eigenvalue weighted by Gasteiger charge is 2.09. The van der Waals surface area contributed by atoms with Crippen LogP contribution in [0.2, 0.25) is 0 Å². The van der Waals surface area contributed by atoms with Crippen LogP contribution >= 0.6 is 0 Å². The molecular formula is C12H13NO3. The highest BCUT2D eigenvalue weighted by molar-refractivity contribution is 5.90. The molecule has 84 valence electrons. The first-order valence-corrected chi connectivity index (χ1v) is 4.84. The summed E-state index contributed by atoms with van der Waals surface area (Å²) in [4.78, 5) is 4.09. The number of ether oxygens (including phenoxy) is 3. The summed E-state index contributed by atoms with van der Waals surface area (Å²) in [6.45, 7) is 0. The lowest BCUT2D eigenvalue weighted by atomic mass is 10.1. The zero-order chi connectivity index (χ0) is 11.5. The highest BCUT2D eigenvalue weighted by atomic mass is 16.5. The molecule has 2 rings (SSSR count). The quantitative estimate of drug-likeness (QED) is 0.794. The van der Waals surface area contributed by atoms with Crippen LogP contribution in [0.1, 0.15) is 0 Å². The molecule has 16 heavy (non-hydrogen) atoms. The van der Waals surface area contributed by atoms with Gasteiger partial charge in [0, 0.05) is 17.0 Å². The van der Waals surface area contributed by atoms with Crippen molar-refractivity contribution in [2.45, 2.75) is 0 Å². The number of nitrogens with zero attached hydrogens (tertiary/aromatic N) is 1. The Kier molecular flexibility index (Phi) is 2.81. The first-order valence-electron chi connectivity index (χ1n) is 4.84. The molecular weight excluding hydrogens is 206 g/mol. The minimum atomic E-state index is 0.680. The van der Waals surface area contributed by atoms with E-state index in [-0.39, 0.29) is 0 Å². The lowest BCUT2D eigenvalue weighted by molar-refractivity contribution is 0.355. The Labute approximate surface area is 93.8 Å². The summed E-state index contributed by atoms with van der Waals surface area (Å²) < 4.78 is 15.7. The van der Waals surface area contributed by atoms with Crippen LogP contribution in [0.4, 0.5) is 0 Å². The molecule has 4 heteroatoms. The van der Waals surface area contributed by atoms with Gasteiger partial charge in [-0.2, -0.15) is 0 Å². The van der Waals surface area contributed by atoms with Crippen molar-refractivity contribution in [1.82, 2.24) is 4.98 Å². The standard InChI is InChI=1S/C12H13NO3/c1-14-10-4-8-6-13-7-12(16-3)9(8)5-11(10)15-2/h4-7H,1-3H3. The minimum Gasteiger partial charge on any atom is -0.494 e. The molecule has 0 saturated carbocycles. The SMILES string of the molecule is COc1cc2cncc(OC)c2cc1OC. The van der Waals surface area contributed by atoms with E-state index in [0.717, 1.165) is 16.5 Å². The number of benzene rings is 1. The fourth-order valence-corrected chi connectivity index (χ4v) is 1.63. The fourth-order valence-electron chi connectivity index (χ4n) is 1.63. The van der Waals surface area contributed by atoms with E-state index in [4.69, 9.17) is 14.2 Å². The van der Waals surface area contributed by atoms with Gasteiger partial charge in [0.15, 0.2) is 11.5 Å². The summed E-state index contributed by atoms with van der Waals surface area (Å²) in [5, 5.41) is 1.91. The maximum Gasteiger partial charge on any atom is 0.161 e. The van der Waals surface area contributed by atoms with E-state index in [9.17, 15) is 0 Å². The topological polar surface area (TPSA) is 40.6 Å². The van der Waals surface area contributed by atoms with Crippen LogP contribution in [0, 0.1) is 0 Å². The molecule has 0 aliphatic carbocycles. The lowest BCUT2D eigenvalue weighted by Gasteiger charge is -2.10. The summed E-state index contributed by atoms with van der Waals surface area (Å²) in [5.41, 5.74) is 0. The van der Waals surface area contributed by atoms with Gasteiger partial charge in [0.1, 0.15) is 5.75 Å². The number of aromatic nitrogens is 1. The van der Waals surface area contributed by atoms with E-state index in [2.05, 4.69) is 4.98 Å². The van der Waals surface area contributed by atoms with Crippen molar-refractivity contribution in [3.05, 3.63) is 24.5 Å². The van der Waals surface area contributed by atoms with Crippen LogP contribution in [0.15, 0.2) is 24.5 Å².